The molecular formula is C10H19NO4. The fourth-order valence-electron chi connectivity index (χ4n) is 1.16. The van der Waals surface area contributed by atoms with Crippen molar-refractivity contribution in [3.8, 4) is 0 Å². The quantitative estimate of drug-likeness (QED) is 0.650. The Hall–Kier alpha value is -1.10. The first-order valence-corrected chi connectivity index (χ1v) is 4.89. The Morgan fingerprint density at radius 2 is 1.80 bits per heavy atom. The van der Waals surface area contributed by atoms with Crippen molar-refractivity contribution in [1.82, 2.24) is 5.32 Å². The molecule has 0 aliphatic heterocycles. The van der Waals surface area contributed by atoms with Gasteiger partial charge in [0.25, 0.3) is 0 Å². The fourth-order valence-corrected chi connectivity index (χ4v) is 1.16. The van der Waals surface area contributed by atoms with Crippen molar-refractivity contribution < 1.29 is 19.1 Å². The van der Waals surface area contributed by atoms with Crippen molar-refractivity contribution in [3.05, 3.63) is 0 Å². The van der Waals surface area contributed by atoms with E-state index in [0.29, 0.717) is 12.3 Å². The van der Waals surface area contributed by atoms with Gasteiger partial charge in [0.2, 0.25) is 0 Å². The minimum Gasteiger partial charge on any atom is -0.468 e. The molecule has 1 N–H and O–H groups in total. The lowest BCUT2D eigenvalue weighted by Gasteiger charge is -2.17. The first kappa shape index (κ1) is 13.9. The smallest absolute Gasteiger partial charge is 0.322 e. The zero-order valence-corrected chi connectivity index (χ0v) is 9.70. The van der Waals surface area contributed by atoms with Gasteiger partial charge in [0.15, 0.2) is 0 Å². The van der Waals surface area contributed by atoms with E-state index >= 15 is 0 Å². The molecule has 0 aromatic carbocycles. The summed E-state index contributed by atoms with van der Waals surface area (Å²) in [6.45, 7) is 4.01. The van der Waals surface area contributed by atoms with E-state index in [0.717, 1.165) is 0 Å². The van der Waals surface area contributed by atoms with E-state index in [-0.39, 0.29) is 12.5 Å². The summed E-state index contributed by atoms with van der Waals surface area (Å²) in [5, 5.41) is 2.80. The van der Waals surface area contributed by atoms with Gasteiger partial charge in [0, 0.05) is 0 Å². The summed E-state index contributed by atoms with van der Waals surface area (Å²) in [7, 11) is 2.63. The summed E-state index contributed by atoms with van der Waals surface area (Å²) in [5.41, 5.74) is 0. The van der Waals surface area contributed by atoms with Gasteiger partial charge in [-0.1, -0.05) is 13.8 Å². The summed E-state index contributed by atoms with van der Waals surface area (Å²) in [6.07, 6.45) is 0.629. The standard InChI is InChI=1S/C10H19NO4/c1-7(2)5-8(10(13)15-4)11-6-9(12)14-3/h7-8,11H,5-6H2,1-4H3. The van der Waals surface area contributed by atoms with E-state index in [9.17, 15) is 9.59 Å². The van der Waals surface area contributed by atoms with E-state index in [4.69, 9.17) is 0 Å². The maximum atomic E-state index is 11.3. The lowest BCUT2D eigenvalue weighted by atomic mass is 10.0. The molecule has 0 rings (SSSR count). The van der Waals surface area contributed by atoms with Crippen molar-refractivity contribution in [2.75, 3.05) is 20.8 Å². The summed E-state index contributed by atoms with van der Waals surface area (Å²) < 4.78 is 9.09. The predicted molar refractivity (Wildman–Crippen MR) is 55.3 cm³/mol. The van der Waals surface area contributed by atoms with Crippen LogP contribution < -0.4 is 5.32 Å². The van der Waals surface area contributed by atoms with Crippen LogP contribution >= 0.6 is 0 Å². The van der Waals surface area contributed by atoms with Crippen molar-refractivity contribution in [3.63, 3.8) is 0 Å². The molecule has 0 aromatic rings. The van der Waals surface area contributed by atoms with Gasteiger partial charge in [-0.2, -0.15) is 0 Å². The van der Waals surface area contributed by atoms with Gasteiger partial charge in [-0.3, -0.25) is 14.9 Å². The van der Waals surface area contributed by atoms with Crippen LogP contribution in [0.15, 0.2) is 0 Å². The molecule has 0 fully saturated rings. The molecule has 0 radical (unpaired) electrons. The van der Waals surface area contributed by atoms with Crippen LogP contribution in [-0.4, -0.2) is 38.7 Å². The number of hydrogen-bond acceptors (Lipinski definition) is 5. The third-order valence-corrected chi connectivity index (χ3v) is 1.91. The highest BCUT2D eigenvalue weighted by Gasteiger charge is 2.20. The average molecular weight is 217 g/mol. The van der Waals surface area contributed by atoms with Crippen LogP contribution in [0.3, 0.4) is 0 Å². The minimum absolute atomic E-state index is 0.0169. The lowest BCUT2D eigenvalue weighted by Crippen LogP contribution is -2.41. The summed E-state index contributed by atoms with van der Waals surface area (Å²) in [5.74, 6) is -0.403. The Bertz CT molecular complexity index is 215. The number of nitrogens with one attached hydrogen (secondary N) is 1. The molecule has 15 heavy (non-hydrogen) atoms. The molecule has 0 bridgehead atoms. The Morgan fingerprint density at radius 3 is 2.20 bits per heavy atom. The van der Waals surface area contributed by atoms with Gasteiger partial charge in [-0.15, -0.1) is 0 Å². The zero-order valence-electron chi connectivity index (χ0n) is 9.70. The molecule has 0 amide bonds. The van der Waals surface area contributed by atoms with Gasteiger partial charge in [-0.25, -0.2) is 0 Å². The molecule has 0 aromatic heterocycles. The number of carbonyl (C=O) groups is 2. The fraction of sp³-hybridized carbons (Fsp3) is 0.800. The number of carbonyl (C=O) groups excluding carboxylic acids is 2. The summed E-state index contributed by atoms with van der Waals surface area (Å²) in [4.78, 5) is 22.2. The third-order valence-electron chi connectivity index (χ3n) is 1.91. The van der Waals surface area contributed by atoms with E-state index in [2.05, 4.69) is 14.8 Å². The molecule has 0 saturated heterocycles. The van der Waals surface area contributed by atoms with Gasteiger partial charge < -0.3 is 9.47 Å². The van der Waals surface area contributed by atoms with E-state index in [1.165, 1.54) is 14.2 Å². The number of hydrogen-bond donors (Lipinski definition) is 1. The molecule has 88 valence electrons. The van der Waals surface area contributed by atoms with Crippen molar-refractivity contribution >= 4 is 11.9 Å². The minimum atomic E-state index is -0.450. The van der Waals surface area contributed by atoms with E-state index < -0.39 is 12.0 Å². The van der Waals surface area contributed by atoms with Crippen LogP contribution in [0.5, 0.6) is 0 Å². The monoisotopic (exact) mass is 217 g/mol. The number of ether oxygens (including phenoxy) is 2. The predicted octanol–water partition coefficient (Wildman–Crippen LogP) is 0.337. The molecule has 0 heterocycles. The second-order valence-electron chi connectivity index (χ2n) is 3.66. The molecule has 0 aliphatic rings. The van der Waals surface area contributed by atoms with Crippen molar-refractivity contribution in [1.29, 1.82) is 0 Å². The Kier molecular flexibility index (Phi) is 6.70. The molecule has 0 saturated carbocycles. The van der Waals surface area contributed by atoms with Crippen LogP contribution in [0.1, 0.15) is 20.3 Å². The molecule has 1 atom stereocenters. The second-order valence-corrected chi connectivity index (χ2v) is 3.66. The Labute approximate surface area is 90.1 Å². The second kappa shape index (κ2) is 7.23. The first-order chi connectivity index (χ1) is 7.01. The van der Waals surface area contributed by atoms with Crippen LogP contribution in [0.2, 0.25) is 0 Å². The van der Waals surface area contributed by atoms with E-state index in [1.54, 1.807) is 0 Å². The maximum absolute atomic E-state index is 11.3. The number of esters is 2. The molecule has 1 unspecified atom stereocenters. The Morgan fingerprint density at radius 1 is 1.20 bits per heavy atom. The number of rotatable bonds is 6. The molecular weight excluding hydrogens is 198 g/mol. The first-order valence-electron chi connectivity index (χ1n) is 4.89. The highest BCUT2D eigenvalue weighted by atomic mass is 16.5. The van der Waals surface area contributed by atoms with Crippen molar-refractivity contribution in [2.24, 2.45) is 5.92 Å². The average Bonchev–Trinajstić information content (AvgIpc) is 2.21. The number of methoxy groups -OCH3 is 2. The van der Waals surface area contributed by atoms with Gasteiger partial charge in [0.05, 0.1) is 20.8 Å². The zero-order chi connectivity index (χ0) is 11.8. The third kappa shape index (κ3) is 6.06. The largest absolute Gasteiger partial charge is 0.468 e. The van der Waals surface area contributed by atoms with Crippen LogP contribution in [0, 0.1) is 5.92 Å². The van der Waals surface area contributed by atoms with Crippen LogP contribution in [0.4, 0.5) is 0 Å². The highest BCUT2D eigenvalue weighted by molar-refractivity contribution is 5.77. The van der Waals surface area contributed by atoms with Gasteiger partial charge in [0.1, 0.15) is 6.04 Å². The van der Waals surface area contributed by atoms with Crippen molar-refractivity contribution in [2.45, 2.75) is 26.3 Å². The van der Waals surface area contributed by atoms with E-state index in [1.807, 2.05) is 13.8 Å². The Balaban J connectivity index is 4.12. The summed E-state index contributed by atoms with van der Waals surface area (Å²) >= 11 is 0. The summed E-state index contributed by atoms with van der Waals surface area (Å²) in [6, 6.07) is -0.450. The van der Waals surface area contributed by atoms with Gasteiger partial charge in [-0.05, 0) is 12.3 Å². The highest BCUT2D eigenvalue weighted by Crippen LogP contribution is 2.05. The lowest BCUT2D eigenvalue weighted by molar-refractivity contribution is -0.144. The molecule has 0 spiro atoms. The van der Waals surface area contributed by atoms with Gasteiger partial charge >= 0.3 is 11.9 Å². The molecule has 5 heteroatoms. The molecule has 0 aliphatic carbocycles. The van der Waals surface area contributed by atoms with Crippen LogP contribution in [-0.2, 0) is 19.1 Å². The SMILES string of the molecule is COC(=O)CNC(CC(C)C)C(=O)OC. The normalized spacial score (nSPS) is 12.3. The topological polar surface area (TPSA) is 64.6 Å². The molecule has 5 nitrogen and oxygen atoms in total. The maximum Gasteiger partial charge on any atom is 0.322 e. The van der Waals surface area contributed by atoms with Crippen LogP contribution in [0.25, 0.3) is 0 Å².